The Kier molecular flexibility index (Phi) is 6.35. The first-order valence-corrected chi connectivity index (χ1v) is 9.41. The summed E-state index contributed by atoms with van der Waals surface area (Å²) >= 11 is 0. The van der Waals surface area contributed by atoms with E-state index in [4.69, 9.17) is 4.74 Å². The van der Waals surface area contributed by atoms with Crippen LogP contribution in [0.15, 0.2) is 47.6 Å². The van der Waals surface area contributed by atoms with E-state index in [0.717, 1.165) is 28.2 Å². The smallest absolute Gasteiger partial charge is 0.139 e. The summed E-state index contributed by atoms with van der Waals surface area (Å²) in [5.74, 6) is 1.14. The van der Waals surface area contributed by atoms with E-state index < -0.39 is 0 Å². The Labute approximate surface area is 160 Å². The molecule has 1 N–H and O–H groups in total. The molecule has 0 fully saturated rings. The van der Waals surface area contributed by atoms with Gasteiger partial charge in [-0.15, -0.1) is 0 Å². The van der Waals surface area contributed by atoms with Crippen LogP contribution >= 0.6 is 0 Å². The fourth-order valence-electron chi connectivity index (χ4n) is 3.38. The van der Waals surface area contributed by atoms with Crippen LogP contribution in [0.25, 0.3) is 0 Å². The molecule has 0 saturated carbocycles. The van der Waals surface area contributed by atoms with Gasteiger partial charge in [-0.25, -0.2) is 0 Å². The number of aromatic nitrogens is 1. The number of fused-ring (bicyclic) bond motifs is 1. The number of ether oxygens (including phenoxy) is 1. The Hall–Kier alpha value is -2.53. The quantitative estimate of drug-likeness (QED) is 0.780. The van der Waals surface area contributed by atoms with Crippen LogP contribution in [0.4, 0.5) is 0 Å². The number of pyridine rings is 1. The van der Waals surface area contributed by atoms with E-state index in [1.165, 1.54) is 0 Å². The summed E-state index contributed by atoms with van der Waals surface area (Å²) in [6.45, 7) is 5.35. The molecule has 27 heavy (non-hydrogen) atoms. The average Bonchev–Trinajstić information content (AvgIpc) is 3.03. The molecule has 2 aromatic rings. The number of ketones is 1. The molecule has 0 amide bonds. The molecular weight excluding hydrogens is 338 g/mol. The standard InChI is InChI=1S/C22H27N3O2/c1-15(2)25-22-21-13-23-19(9-17(21)12-24-22)11-20(26)10-18(14-27-3)16-7-5-4-6-8-16/h4-9,13,15,18H,10-12,14H2,1-3H3,(H,24,25)/t18-/m1/s1. The largest absolute Gasteiger partial charge is 0.384 e. The summed E-state index contributed by atoms with van der Waals surface area (Å²) in [4.78, 5) is 21.7. The first-order valence-electron chi connectivity index (χ1n) is 9.41. The number of nitrogens with zero attached hydrogens (tertiary/aromatic N) is 2. The zero-order valence-corrected chi connectivity index (χ0v) is 16.2. The molecular formula is C22H27N3O2. The molecule has 1 aromatic heterocycles. The number of rotatable bonds is 8. The van der Waals surface area contributed by atoms with E-state index in [2.05, 4.69) is 29.1 Å². The molecule has 0 aliphatic carbocycles. The number of Topliss-reactive ketones (excluding diaryl/α,β-unsaturated/α-hetero) is 1. The molecule has 0 bridgehead atoms. The normalized spacial score (nSPS) is 14.0. The number of hydrogen-bond acceptors (Lipinski definition) is 5. The first kappa shape index (κ1) is 19.2. The summed E-state index contributed by atoms with van der Waals surface area (Å²) in [5.41, 5.74) is 4.12. The zero-order valence-electron chi connectivity index (χ0n) is 16.2. The number of carbonyl (C=O) groups excluding carboxylic acids is 1. The molecule has 5 nitrogen and oxygen atoms in total. The minimum atomic E-state index is 0.0725. The molecule has 0 spiro atoms. The van der Waals surface area contributed by atoms with Crippen molar-refractivity contribution < 1.29 is 9.53 Å². The highest BCUT2D eigenvalue weighted by atomic mass is 16.5. The predicted octanol–water partition coefficient (Wildman–Crippen LogP) is 3.27. The average molecular weight is 365 g/mol. The second-order valence-electron chi connectivity index (χ2n) is 7.28. The van der Waals surface area contributed by atoms with E-state index in [0.29, 0.717) is 32.0 Å². The van der Waals surface area contributed by atoms with E-state index in [1.807, 2.05) is 42.6 Å². The Bertz CT molecular complexity index is 816. The van der Waals surface area contributed by atoms with Gasteiger partial charge >= 0.3 is 0 Å². The number of carbonyl (C=O) groups is 1. The Morgan fingerprint density at radius 2 is 2.04 bits per heavy atom. The maximum Gasteiger partial charge on any atom is 0.139 e. The Morgan fingerprint density at radius 3 is 2.74 bits per heavy atom. The van der Waals surface area contributed by atoms with Gasteiger partial charge in [-0.05, 0) is 31.0 Å². The van der Waals surface area contributed by atoms with Crippen molar-refractivity contribution in [3.05, 3.63) is 65.0 Å². The van der Waals surface area contributed by atoms with Gasteiger partial charge < -0.3 is 10.1 Å². The number of hydrogen-bond donors (Lipinski definition) is 1. The van der Waals surface area contributed by atoms with Crippen LogP contribution in [0.2, 0.25) is 0 Å². The van der Waals surface area contributed by atoms with Gasteiger partial charge in [0.1, 0.15) is 11.6 Å². The Balaban J connectivity index is 1.64. The van der Waals surface area contributed by atoms with Gasteiger partial charge in [0, 0.05) is 49.4 Å². The molecule has 0 radical (unpaired) electrons. The maximum absolute atomic E-state index is 12.6. The van der Waals surface area contributed by atoms with Crippen LogP contribution in [0.5, 0.6) is 0 Å². The van der Waals surface area contributed by atoms with Crippen LogP contribution < -0.4 is 5.32 Å². The Morgan fingerprint density at radius 1 is 1.26 bits per heavy atom. The maximum atomic E-state index is 12.6. The molecule has 1 aromatic carbocycles. The van der Waals surface area contributed by atoms with Crippen LogP contribution in [0, 0.1) is 0 Å². The highest BCUT2D eigenvalue weighted by molar-refractivity contribution is 6.01. The summed E-state index contributed by atoms with van der Waals surface area (Å²) in [6, 6.07) is 12.4. The molecule has 1 aliphatic rings. The highest BCUT2D eigenvalue weighted by Gasteiger charge is 2.20. The fraction of sp³-hybridized carbons (Fsp3) is 0.409. The van der Waals surface area contributed by atoms with Crippen LogP contribution in [0.3, 0.4) is 0 Å². The zero-order chi connectivity index (χ0) is 19.2. The monoisotopic (exact) mass is 365 g/mol. The first-order chi connectivity index (χ1) is 13.1. The summed E-state index contributed by atoms with van der Waals surface area (Å²) in [7, 11) is 1.67. The topological polar surface area (TPSA) is 63.6 Å². The molecule has 0 saturated heterocycles. The molecule has 0 unspecified atom stereocenters. The van der Waals surface area contributed by atoms with Gasteiger partial charge in [-0.2, -0.15) is 0 Å². The van der Waals surface area contributed by atoms with Crippen molar-refractivity contribution in [2.24, 2.45) is 4.99 Å². The van der Waals surface area contributed by atoms with Gasteiger partial charge in [0.25, 0.3) is 0 Å². The number of benzene rings is 1. The second kappa shape index (κ2) is 8.91. The van der Waals surface area contributed by atoms with Crippen molar-refractivity contribution in [1.29, 1.82) is 0 Å². The fourth-order valence-corrected chi connectivity index (χ4v) is 3.38. The van der Waals surface area contributed by atoms with E-state index in [-0.39, 0.29) is 11.7 Å². The van der Waals surface area contributed by atoms with Crippen molar-refractivity contribution in [3.63, 3.8) is 0 Å². The van der Waals surface area contributed by atoms with Gasteiger partial charge in [0.05, 0.1) is 13.2 Å². The third-order valence-electron chi connectivity index (χ3n) is 4.63. The van der Waals surface area contributed by atoms with E-state index in [9.17, 15) is 4.79 Å². The van der Waals surface area contributed by atoms with Crippen molar-refractivity contribution in [2.75, 3.05) is 13.7 Å². The van der Waals surface area contributed by atoms with Crippen LogP contribution in [0.1, 0.15) is 48.6 Å². The molecule has 142 valence electrons. The lowest BCUT2D eigenvalue weighted by Gasteiger charge is -2.16. The van der Waals surface area contributed by atoms with Crippen molar-refractivity contribution in [3.8, 4) is 0 Å². The molecule has 2 heterocycles. The number of aliphatic imine (C=N–C) groups is 1. The van der Waals surface area contributed by atoms with Crippen LogP contribution in [-0.2, 0) is 22.5 Å². The van der Waals surface area contributed by atoms with Crippen molar-refractivity contribution in [1.82, 2.24) is 10.3 Å². The minimum Gasteiger partial charge on any atom is -0.384 e. The summed E-state index contributed by atoms with van der Waals surface area (Å²) in [5, 5.41) is 3.35. The third kappa shape index (κ3) is 5.01. The lowest BCUT2D eigenvalue weighted by atomic mass is 9.93. The SMILES string of the molecule is COC[C@@H](CC(=O)Cc1cc2c(cn1)C(NC(C)C)=NC2)c1ccccc1. The number of methoxy groups -OCH3 is 1. The molecule has 1 aliphatic heterocycles. The second-order valence-corrected chi connectivity index (χ2v) is 7.28. The van der Waals surface area contributed by atoms with E-state index >= 15 is 0 Å². The van der Waals surface area contributed by atoms with Crippen LogP contribution in [-0.4, -0.2) is 36.4 Å². The molecule has 5 heteroatoms. The number of amidine groups is 1. The molecule has 1 atom stereocenters. The van der Waals surface area contributed by atoms with Gasteiger partial charge in [0.2, 0.25) is 0 Å². The highest BCUT2D eigenvalue weighted by Crippen LogP contribution is 2.22. The molecule has 3 rings (SSSR count). The van der Waals surface area contributed by atoms with Gasteiger partial charge in [-0.1, -0.05) is 30.3 Å². The summed E-state index contributed by atoms with van der Waals surface area (Å²) in [6.07, 6.45) is 2.63. The van der Waals surface area contributed by atoms with Gasteiger partial charge in [-0.3, -0.25) is 14.8 Å². The minimum absolute atomic E-state index is 0.0725. The predicted molar refractivity (Wildman–Crippen MR) is 107 cm³/mol. The van der Waals surface area contributed by atoms with E-state index in [1.54, 1.807) is 7.11 Å². The van der Waals surface area contributed by atoms with Crippen molar-refractivity contribution in [2.45, 2.75) is 45.2 Å². The lowest BCUT2D eigenvalue weighted by Crippen LogP contribution is -2.30. The third-order valence-corrected chi connectivity index (χ3v) is 4.63. The van der Waals surface area contributed by atoms with Gasteiger partial charge in [0.15, 0.2) is 0 Å². The van der Waals surface area contributed by atoms with Crippen molar-refractivity contribution >= 4 is 11.6 Å². The summed E-state index contributed by atoms with van der Waals surface area (Å²) < 4.78 is 5.32. The lowest BCUT2D eigenvalue weighted by molar-refractivity contribution is -0.119. The number of nitrogens with one attached hydrogen (secondary N) is 1.